The Kier molecular flexibility index (Phi) is 6.23. The number of nitrogens with zero attached hydrogens (tertiary/aromatic N) is 4. The molecule has 238 valence electrons. The van der Waals surface area contributed by atoms with Crippen LogP contribution in [0.2, 0.25) is 0 Å². The molecule has 4 nitrogen and oxygen atoms in total. The molecule has 0 aliphatic heterocycles. The van der Waals surface area contributed by atoms with Crippen molar-refractivity contribution in [3.05, 3.63) is 170 Å². The number of benzene rings is 6. The standard InChI is InChI=1S/C46H28N4Se/c1-3-11-32(12-4-1)49-40-18-10-8-16-35(40)37-25-29(20-23-41(37)49)31-27-44-45(47-28-31)46-43(51-44)24-22-38(48-46)30-19-21-36-34-15-7-9-17-39(34)50(42(36)26-30)33-13-5-2-6-14-33/h1-28H. The van der Waals surface area contributed by atoms with Crippen molar-refractivity contribution in [3.63, 3.8) is 0 Å². The van der Waals surface area contributed by atoms with Crippen LogP contribution in [0.15, 0.2) is 170 Å². The molecule has 6 aromatic carbocycles. The van der Waals surface area contributed by atoms with E-state index in [0.717, 1.165) is 33.5 Å². The van der Waals surface area contributed by atoms with Gasteiger partial charge in [-0.1, -0.05) is 0 Å². The monoisotopic (exact) mass is 716 g/mol. The zero-order valence-corrected chi connectivity index (χ0v) is 29.1. The summed E-state index contributed by atoms with van der Waals surface area (Å²) < 4.78 is 7.29. The number of rotatable bonds is 4. The summed E-state index contributed by atoms with van der Waals surface area (Å²) in [7, 11) is 0. The van der Waals surface area contributed by atoms with Gasteiger partial charge in [-0.25, -0.2) is 0 Å². The van der Waals surface area contributed by atoms with E-state index in [2.05, 4.69) is 173 Å². The van der Waals surface area contributed by atoms with E-state index in [0.29, 0.717) is 0 Å². The Hall–Kier alpha value is -6.26. The molecule has 0 saturated heterocycles. The van der Waals surface area contributed by atoms with Crippen molar-refractivity contribution in [2.24, 2.45) is 0 Å². The Morgan fingerprint density at radius 2 is 1.00 bits per heavy atom. The third-order valence-corrected chi connectivity index (χ3v) is 12.4. The van der Waals surface area contributed by atoms with Gasteiger partial charge in [-0.2, -0.15) is 0 Å². The van der Waals surface area contributed by atoms with Crippen LogP contribution in [0, 0.1) is 0 Å². The summed E-state index contributed by atoms with van der Waals surface area (Å²) in [6.45, 7) is 0. The van der Waals surface area contributed by atoms with Gasteiger partial charge in [-0.05, 0) is 0 Å². The molecule has 5 aromatic heterocycles. The molecule has 0 aliphatic rings. The molecule has 0 aliphatic carbocycles. The van der Waals surface area contributed by atoms with Gasteiger partial charge in [0.05, 0.1) is 0 Å². The summed E-state index contributed by atoms with van der Waals surface area (Å²) in [5.74, 6) is 0. The van der Waals surface area contributed by atoms with Gasteiger partial charge in [0.1, 0.15) is 0 Å². The fourth-order valence-corrected chi connectivity index (χ4v) is 10.0. The predicted molar refractivity (Wildman–Crippen MR) is 214 cm³/mol. The number of para-hydroxylation sites is 4. The Bertz CT molecular complexity index is 3130. The molecule has 51 heavy (non-hydrogen) atoms. The van der Waals surface area contributed by atoms with E-state index >= 15 is 0 Å². The van der Waals surface area contributed by atoms with E-state index < -0.39 is 0 Å². The number of hydrogen-bond acceptors (Lipinski definition) is 2. The second-order valence-corrected chi connectivity index (χ2v) is 15.3. The molecule has 5 heterocycles. The number of pyridine rings is 2. The number of fused-ring (bicyclic) bond motifs is 9. The third-order valence-electron chi connectivity index (χ3n) is 10.2. The molecule has 0 amide bonds. The van der Waals surface area contributed by atoms with E-state index in [1.54, 1.807) is 0 Å². The summed E-state index contributed by atoms with van der Waals surface area (Å²) in [6.07, 6.45) is 2.03. The predicted octanol–water partition coefficient (Wildman–Crippen LogP) is 11.4. The van der Waals surface area contributed by atoms with E-state index in [1.165, 1.54) is 63.4 Å². The van der Waals surface area contributed by atoms with Gasteiger partial charge in [0, 0.05) is 0 Å². The molecular formula is C46H28N4Se. The van der Waals surface area contributed by atoms with Gasteiger partial charge in [-0.15, -0.1) is 0 Å². The van der Waals surface area contributed by atoms with Crippen LogP contribution in [0.3, 0.4) is 0 Å². The average molecular weight is 716 g/mol. The molecule has 11 aromatic rings. The van der Waals surface area contributed by atoms with E-state index in [1.807, 2.05) is 6.20 Å². The topological polar surface area (TPSA) is 35.6 Å². The van der Waals surface area contributed by atoms with Crippen LogP contribution in [-0.2, 0) is 0 Å². The second kappa shape index (κ2) is 11.1. The van der Waals surface area contributed by atoms with Gasteiger partial charge in [0.25, 0.3) is 0 Å². The maximum absolute atomic E-state index is 5.28. The first kappa shape index (κ1) is 28.6. The van der Waals surface area contributed by atoms with Crippen LogP contribution in [0.1, 0.15) is 0 Å². The van der Waals surface area contributed by atoms with Gasteiger partial charge < -0.3 is 0 Å². The Morgan fingerprint density at radius 3 is 1.75 bits per heavy atom. The Labute approximate surface area is 299 Å². The normalized spacial score (nSPS) is 11.9. The zero-order valence-electron chi connectivity index (χ0n) is 27.4. The Morgan fingerprint density at radius 1 is 0.392 bits per heavy atom. The minimum absolute atomic E-state index is 0.135. The van der Waals surface area contributed by atoms with Crippen molar-refractivity contribution in [3.8, 4) is 33.8 Å². The molecule has 0 bridgehead atoms. The summed E-state index contributed by atoms with van der Waals surface area (Å²) >= 11 is 0.135. The van der Waals surface area contributed by atoms with Crippen molar-refractivity contribution in [2.75, 3.05) is 0 Å². The fraction of sp³-hybridized carbons (Fsp3) is 0. The van der Waals surface area contributed by atoms with Crippen LogP contribution >= 0.6 is 0 Å². The van der Waals surface area contributed by atoms with Crippen molar-refractivity contribution in [2.45, 2.75) is 0 Å². The van der Waals surface area contributed by atoms with Crippen molar-refractivity contribution >= 4 is 77.7 Å². The van der Waals surface area contributed by atoms with Crippen LogP contribution in [0.4, 0.5) is 0 Å². The molecule has 0 atom stereocenters. The molecule has 0 unspecified atom stereocenters. The average Bonchev–Trinajstić information content (AvgIpc) is 3.85. The Balaban J connectivity index is 1.02. The molecular weight excluding hydrogens is 687 g/mol. The SMILES string of the molecule is c1ccc(-n2c3ccccc3c3cc(-c4cnc5c(c4)[se]c4ccc(-c6ccc7c8ccccc8n(-c8ccccc8)c7c6)nc45)ccc32)cc1. The number of aromatic nitrogens is 4. The van der Waals surface area contributed by atoms with Gasteiger partial charge in [0.15, 0.2) is 0 Å². The molecule has 5 heteroatoms. The first-order chi connectivity index (χ1) is 25.3. The summed E-state index contributed by atoms with van der Waals surface area (Å²) in [4.78, 5) is 10.4. The van der Waals surface area contributed by atoms with E-state index in [9.17, 15) is 0 Å². The zero-order chi connectivity index (χ0) is 33.5. The number of hydrogen-bond donors (Lipinski definition) is 0. The van der Waals surface area contributed by atoms with E-state index in [-0.39, 0.29) is 14.5 Å². The molecule has 0 fully saturated rings. The van der Waals surface area contributed by atoms with Crippen LogP contribution < -0.4 is 0 Å². The molecule has 0 radical (unpaired) electrons. The fourth-order valence-electron chi connectivity index (χ4n) is 7.83. The van der Waals surface area contributed by atoms with Crippen LogP contribution in [0.5, 0.6) is 0 Å². The first-order valence-corrected chi connectivity index (χ1v) is 18.9. The van der Waals surface area contributed by atoms with Gasteiger partial charge in [-0.3, -0.25) is 0 Å². The van der Waals surface area contributed by atoms with Crippen LogP contribution in [-0.4, -0.2) is 33.6 Å². The minimum atomic E-state index is 0.135. The molecule has 0 spiro atoms. The first-order valence-electron chi connectivity index (χ1n) is 17.2. The van der Waals surface area contributed by atoms with Crippen LogP contribution in [0.25, 0.3) is 96.9 Å². The summed E-state index contributed by atoms with van der Waals surface area (Å²) in [5.41, 5.74) is 13.5. The van der Waals surface area contributed by atoms with Crippen molar-refractivity contribution < 1.29 is 0 Å². The molecule has 11 rings (SSSR count). The van der Waals surface area contributed by atoms with Crippen molar-refractivity contribution in [1.29, 1.82) is 0 Å². The summed E-state index contributed by atoms with van der Waals surface area (Å²) in [5, 5.41) is 4.99. The molecule has 0 N–H and O–H groups in total. The summed E-state index contributed by atoms with van der Waals surface area (Å²) in [6, 6.07) is 58.9. The van der Waals surface area contributed by atoms with Crippen molar-refractivity contribution in [1.82, 2.24) is 19.1 Å². The maximum atomic E-state index is 5.28. The second-order valence-electron chi connectivity index (χ2n) is 13.1. The van der Waals surface area contributed by atoms with E-state index in [4.69, 9.17) is 9.97 Å². The van der Waals surface area contributed by atoms with Gasteiger partial charge >= 0.3 is 301 Å². The third kappa shape index (κ3) is 4.39. The van der Waals surface area contributed by atoms with Gasteiger partial charge in [0.2, 0.25) is 0 Å². The molecule has 0 saturated carbocycles. The quantitative estimate of drug-likeness (QED) is 0.170.